The van der Waals surface area contributed by atoms with Crippen LogP contribution in [0.4, 0.5) is 0 Å². The first-order valence-corrected chi connectivity index (χ1v) is 8.71. The lowest BCUT2D eigenvalue weighted by Gasteiger charge is -2.19. The molecule has 1 amide bonds. The second-order valence-electron chi connectivity index (χ2n) is 5.77. The summed E-state index contributed by atoms with van der Waals surface area (Å²) in [4.78, 5) is 12.3. The van der Waals surface area contributed by atoms with Crippen LogP contribution in [0.3, 0.4) is 0 Å². The Balaban J connectivity index is 1.98. The summed E-state index contributed by atoms with van der Waals surface area (Å²) in [5.41, 5.74) is 2.10. The van der Waals surface area contributed by atoms with E-state index in [1.165, 1.54) is 0 Å². The van der Waals surface area contributed by atoms with E-state index in [9.17, 15) is 4.79 Å². The van der Waals surface area contributed by atoms with Crippen LogP contribution in [0.15, 0.2) is 42.5 Å². The molecule has 1 unspecified atom stereocenters. The summed E-state index contributed by atoms with van der Waals surface area (Å²) in [5, 5.41) is 3.79. The predicted octanol–water partition coefficient (Wildman–Crippen LogP) is 4.56. The molecule has 1 atom stereocenters. The van der Waals surface area contributed by atoms with Crippen molar-refractivity contribution in [3.8, 4) is 11.5 Å². The number of carbonyl (C=O) groups is 1. The highest BCUT2D eigenvalue weighted by atomic mass is 35.5. The zero-order chi connectivity index (χ0) is 18.2. The third-order valence-electron chi connectivity index (χ3n) is 4.11. The molecule has 0 radical (unpaired) electrons. The fraction of sp³-hybridized carbons (Fsp3) is 0.350. The number of halogens is 1. The van der Waals surface area contributed by atoms with Gasteiger partial charge in [-0.25, -0.2) is 0 Å². The molecule has 0 fully saturated rings. The second kappa shape index (κ2) is 9.33. The topological polar surface area (TPSA) is 47.6 Å². The Morgan fingerprint density at radius 3 is 2.36 bits per heavy atom. The number of hydrogen-bond donors (Lipinski definition) is 1. The van der Waals surface area contributed by atoms with E-state index in [4.69, 9.17) is 21.1 Å². The monoisotopic (exact) mass is 361 g/mol. The molecular formula is C20H24ClNO3. The fourth-order valence-electron chi connectivity index (χ4n) is 2.67. The Morgan fingerprint density at radius 2 is 1.76 bits per heavy atom. The van der Waals surface area contributed by atoms with Gasteiger partial charge in [0, 0.05) is 11.4 Å². The van der Waals surface area contributed by atoms with Crippen LogP contribution >= 0.6 is 11.6 Å². The molecule has 0 heterocycles. The molecule has 2 aromatic rings. The number of aryl methyl sites for hydroxylation is 1. The molecule has 2 aromatic carbocycles. The van der Waals surface area contributed by atoms with Gasteiger partial charge in [-0.2, -0.15) is 0 Å². The first-order chi connectivity index (χ1) is 12.1. The highest BCUT2D eigenvalue weighted by Gasteiger charge is 2.15. The van der Waals surface area contributed by atoms with Crippen molar-refractivity contribution in [3.05, 3.63) is 58.6 Å². The Labute approximate surface area is 154 Å². The van der Waals surface area contributed by atoms with Crippen molar-refractivity contribution < 1.29 is 14.3 Å². The molecule has 2 rings (SSSR count). The van der Waals surface area contributed by atoms with E-state index in [2.05, 4.69) is 5.32 Å². The number of benzene rings is 2. The quantitative estimate of drug-likeness (QED) is 0.749. The van der Waals surface area contributed by atoms with Crippen molar-refractivity contribution in [3.63, 3.8) is 0 Å². The molecule has 0 saturated heterocycles. The van der Waals surface area contributed by atoms with Gasteiger partial charge in [0.05, 0.1) is 20.3 Å². The minimum absolute atomic E-state index is 0.0246. The van der Waals surface area contributed by atoms with Gasteiger partial charge in [0.25, 0.3) is 0 Å². The van der Waals surface area contributed by atoms with Gasteiger partial charge in [-0.05, 0) is 48.2 Å². The molecule has 4 nitrogen and oxygen atoms in total. The smallest absolute Gasteiger partial charge is 0.220 e. The summed E-state index contributed by atoms with van der Waals surface area (Å²) in [6, 6.07) is 13.2. The van der Waals surface area contributed by atoms with Gasteiger partial charge in [-0.1, -0.05) is 36.7 Å². The van der Waals surface area contributed by atoms with Crippen LogP contribution in [0.2, 0.25) is 5.02 Å². The summed E-state index contributed by atoms with van der Waals surface area (Å²) in [6.45, 7) is 2.04. The average molecular weight is 362 g/mol. The zero-order valence-corrected chi connectivity index (χ0v) is 15.6. The standard InChI is InChI=1S/C20H24ClNO3/c1-4-17(15-8-11-18(24-2)19(13-15)25-3)22-20(23)12-7-14-5-9-16(21)10-6-14/h5-6,8-11,13,17H,4,7,12H2,1-3H3,(H,22,23). The zero-order valence-electron chi connectivity index (χ0n) is 14.8. The van der Waals surface area contributed by atoms with E-state index >= 15 is 0 Å². The molecule has 0 aromatic heterocycles. The summed E-state index contributed by atoms with van der Waals surface area (Å²) in [5.74, 6) is 1.36. The number of amides is 1. The molecule has 0 spiro atoms. The molecule has 5 heteroatoms. The fourth-order valence-corrected chi connectivity index (χ4v) is 2.79. The summed E-state index contributed by atoms with van der Waals surface area (Å²) < 4.78 is 10.6. The van der Waals surface area contributed by atoms with Crippen molar-refractivity contribution in [2.45, 2.75) is 32.2 Å². The van der Waals surface area contributed by atoms with Crippen LogP contribution in [0, 0.1) is 0 Å². The lowest BCUT2D eigenvalue weighted by Crippen LogP contribution is -2.28. The van der Waals surface area contributed by atoms with Crippen LogP contribution in [0.25, 0.3) is 0 Å². The Hall–Kier alpha value is -2.20. The normalized spacial score (nSPS) is 11.7. The van der Waals surface area contributed by atoms with Crippen LogP contribution in [0.1, 0.15) is 36.9 Å². The number of ether oxygens (including phenoxy) is 2. The molecule has 0 aliphatic rings. The minimum atomic E-state index is -0.0578. The number of carbonyl (C=O) groups excluding carboxylic acids is 1. The largest absolute Gasteiger partial charge is 0.493 e. The molecule has 1 N–H and O–H groups in total. The van der Waals surface area contributed by atoms with Crippen LogP contribution < -0.4 is 14.8 Å². The van der Waals surface area contributed by atoms with Gasteiger partial charge in [0.1, 0.15) is 0 Å². The van der Waals surface area contributed by atoms with Crippen molar-refractivity contribution >= 4 is 17.5 Å². The van der Waals surface area contributed by atoms with Crippen molar-refractivity contribution in [1.82, 2.24) is 5.32 Å². The van der Waals surface area contributed by atoms with E-state index in [-0.39, 0.29) is 11.9 Å². The van der Waals surface area contributed by atoms with Crippen molar-refractivity contribution in [2.24, 2.45) is 0 Å². The summed E-state index contributed by atoms with van der Waals surface area (Å²) in [6.07, 6.45) is 1.92. The maximum Gasteiger partial charge on any atom is 0.220 e. The van der Waals surface area contributed by atoms with Crippen molar-refractivity contribution in [1.29, 1.82) is 0 Å². The van der Waals surface area contributed by atoms with E-state index in [1.807, 2.05) is 49.4 Å². The lowest BCUT2D eigenvalue weighted by molar-refractivity contribution is -0.121. The minimum Gasteiger partial charge on any atom is -0.493 e. The van der Waals surface area contributed by atoms with Crippen LogP contribution in [-0.4, -0.2) is 20.1 Å². The molecule has 25 heavy (non-hydrogen) atoms. The van der Waals surface area contributed by atoms with Gasteiger partial charge in [0.15, 0.2) is 11.5 Å². The van der Waals surface area contributed by atoms with Gasteiger partial charge in [0.2, 0.25) is 5.91 Å². The maximum atomic E-state index is 12.3. The highest BCUT2D eigenvalue weighted by Crippen LogP contribution is 2.30. The SMILES string of the molecule is CCC(NC(=O)CCc1ccc(Cl)cc1)c1ccc(OC)c(OC)c1. The van der Waals surface area contributed by atoms with E-state index < -0.39 is 0 Å². The van der Waals surface area contributed by atoms with Gasteiger partial charge >= 0.3 is 0 Å². The Kier molecular flexibility index (Phi) is 7.14. The van der Waals surface area contributed by atoms with E-state index in [0.717, 1.165) is 17.5 Å². The summed E-state index contributed by atoms with van der Waals surface area (Å²) in [7, 11) is 3.21. The van der Waals surface area contributed by atoms with Crippen molar-refractivity contribution in [2.75, 3.05) is 14.2 Å². The molecule has 0 aliphatic carbocycles. The number of nitrogens with one attached hydrogen (secondary N) is 1. The third kappa shape index (κ3) is 5.40. The molecule has 0 bridgehead atoms. The number of hydrogen-bond acceptors (Lipinski definition) is 3. The van der Waals surface area contributed by atoms with E-state index in [1.54, 1.807) is 14.2 Å². The number of methoxy groups -OCH3 is 2. The average Bonchev–Trinajstić information content (AvgIpc) is 2.65. The number of rotatable bonds is 8. The predicted molar refractivity (Wildman–Crippen MR) is 100 cm³/mol. The third-order valence-corrected chi connectivity index (χ3v) is 4.36. The van der Waals surface area contributed by atoms with E-state index in [0.29, 0.717) is 29.4 Å². The van der Waals surface area contributed by atoms with Gasteiger partial charge in [-0.3, -0.25) is 4.79 Å². The first-order valence-electron chi connectivity index (χ1n) is 8.33. The molecule has 0 aliphatic heterocycles. The van der Waals surface area contributed by atoms with Crippen LogP contribution in [-0.2, 0) is 11.2 Å². The molecular weight excluding hydrogens is 338 g/mol. The van der Waals surface area contributed by atoms with Gasteiger partial charge < -0.3 is 14.8 Å². The maximum absolute atomic E-state index is 12.3. The Morgan fingerprint density at radius 1 is 1.08 bits per heavy atom. The lowest BCUT2D eigenvalue weighted by atomic mass is 10.0. The van der Waals surface area contributed by atoms with Crippen LogP contribution in [0.5, 0.6) is 11.5 Å². The first kappa shape index (κ1) is 19.1. The molecule has 134 valence electrons. The summed E-state index contributed by atoms with van der Waals surface area (Å²) >= 11 is 5.88. The second-order valence-corrected chi connectivity index (χ2v) is 6.21. The highest BCUT2D eigenvalue weighted by molar-refractivity contribution is 6.30. The van der Waals surface area contributed by atoms with Gasteiger partial charge in [-0.15, -0.1) is 0 Å². The molecule has 0 saturated carbocycles. The Bertz CT molecular complexity index is 701.